The molecule has 1 aromatic carbocycles. The van der Waals surface area contributed by atoms with Crippen LogP contribution in [0.15, 0.2) is 24.3 Å². The lowest BCUT2D eigenvalue weighted by atomic mass is 10.3. The zero-order valence-electron chi connectivity index (χ0n) is 13.7. The van der Waals surface area contributed by atoms with E-state index in [0.717, 1.165) is 4.90 Å². The SMILES string of the molecule is CCNC(=O)C[NH+](CC)CC(=O)NCCOc1ccc(Cl)cc1. The molecule has 0 saturated heterocycles. The average Bonchev–Trinajstić information content (AvgIpc) is 2.53. The first-order valence-corrected chi connectivity index (χ1v) is 8.18. The van der Waals surface area contributed by atoms with Gasteiger partial charge in [0, 0.05) is 11.6 Å². The Morgan fingerprint density at radius 3 is 2.26 bits per heavy atom. The number of quaternary nitrogens is 1. The van der Waals surface area contributed by atoms with Gasteiger partial charge in [-0.15, -0.1) is 0 Å². The molecule has 7 heteroatoms. The highest BCUT2D eigenvalue weighted by atomic mass is 35.5. The Bertz CT molecular complexity index is 494. The van der Waals surface area contributed by atoms with Crippen LogP contribution in [0.5, 0.6) is 5.75 Å². The average molecular weight is 343 g/mol. The van der Waals surface area contributed by atoms with Crippen molar-refractivity contribution in [2.24, 2.45) is 0 Å². The predicted octanol–water partition coefficient (Wildman–Crippen LogP) is -0.124. The first-order chi connectivity index (χ1) is 11.0. The first-order valence-electron chi connectivity index (χ1n) is 7.80. The Morgan fingerprint density at radius 2 is 1.70 bits per heavy atom. The van der Waals surface area contributed by atoms with E-state index in [0.29, 0.717) is 43.6 Å². The molecule has 0 radical (unpaired) electrons. The summed E-state index contributed by atoms with van der Waals surface area (Å²) in [5.74, 6) is 0.578. The number of hydrogen-bond donors (Lipinski definition) is 3. The summed E-state index contributed by atoms with van der Waals surface area (Å²) < 4.78 is 5.49. The van der Waals surface area contributed by atoms with Crippen LogP contribution < -0.4 is 20.3 Å². The number of halogens is 1. The van der Waals surface area contributed by atoms with E-state index in [1.807, 2.05) is 13.8 Å². The lowest BCUT2D eigenvalue weighted by Gasteiger charge is -2.16. The molecule has 0 saturated carbocycles. The number of hydrogen-bond acceptors (Lipinski definition) is 3. The fourth-order valence-electron chi connectivity index (χ4n) is 1.98. The molecule has 0 bridgehead atoms. The van der Waals surface area contributed by atoms with Crippen molar-refractivity contribution in [3.63, 3.8) is 0 Å². The molecule has 1 rings (SSSR count). The maximum absolute atomic E-state index is 11.9. The summed E-state index contributed by atoms with van der Waals surface area (Å²) in [6.07, 6.45) is 0. The molecule has 1 unspecified atom stereocenters. The van der Waals surface area contributed by atoms with Crippen molar-refractivity contribution in [3.05, 3.63) is 29.3 Å². The number of likely N-dealkylation sites (N-methyl/N-ethyl adjacent to an activating group) is 2. The standard InChI is InChI=1S/C16H24ClN3O3/c1-3-18-15(21)11-20(4-2)12-16(22)19-9-10-23-14-7-5-13(17)6-8-14/h5-8H,3-4,9-12H2,1-2H3,(H,18,21)(H,19,22)/p+1. The monoisotopic (exact) mass is 342 g/mol. The van der Waals surface area contributed by atoms with Crippen LogP contribution in [0.3, 0.4) is 0 Å². The molecule has 23 heavy (non-hydrogen) atoms. The van der Waals surface area contributed by atoms with Gasteiger partial charge in [-0.25, -0.2) is 0 Å². The highest BCUT2D eigenvalue weighted by Crippen LogP contribution is 2.14. The number of benzene rings is 1. The van der Waals surface area contributed by atoms with E-state index < -0.39 is 0 Å². The van der Waals surface area contributed by atoms with Gasteiger partial charge in [-0.3, -0.25) is 9.59 Å². The van der Waals surface area contributed by atoms with Crippen LogP contribution in [0.1, 0.15) is 13.8 Å². The largest absolute Gasteiger partial charge is 0.492 e. The van der Waals surface area contributed by atoms with Gasteiger partial charge in [0.1, 0.15) is 12.4 Å². The van der Waals surface area contributed by atoms with E-state index in [1.165, 1.54) is 0 Å². The first kappa shape index (κ1) is 19.3. The van der Waals surface area contributed by atoms with Crippen molar-refractivity contribution in [2.45, 2.75) is 13.8 Å². The molecule has 0 fully saturated rings. The topological polar surface area (TPSA) is 71.9 Å². The molecule has 0 aliphatic rings. The molecule has 0 heterocycles. The van der Waals surface area contributed by atoms with Crippen LogP contribution in [0.25, 0.3) is 0 Å². The van der Waals surface area contributed by atoms with Gasteiger partial charge < -0.3 is 20.3 Å². The summed E-state index contributed by atoms with van der Waals surface area (Å²) in [4.78, 5) is 24.3. The van der Waals surface area contributed by atoms with Crippen molar-refractivity contribution >= 4 is 23.4 Å². The Balaban J connectivity index is 2.22. The Morgan fingerprint density at radius 1 is 1.09 bits per heavy atom. The molecule has 3 N–H and O–H groups in total. The maximum atomic E-state index is 11.9. The Labute approximate surface area is 142 Å². The van der Waals surface area contributed by atoms with Crippen molar-refractivity contribution in [3.8, 4) is 5.75 Å². The summed E-state index contributed by atoms with van der Waals surface area (Å²) in [5.41, 5.74) is 0. The molecule has 0 aliphatic carbocycles. The van der Waals surface area contributed by atoms with Gasteiger partial charge in [-0.2, -0.15) is 0 Å². The fourth-order valence-corrected chi connectivity index (χ4v) is 2.10. The minimum atomic E-state index is -0.0918. The number of carbonyl (C=O) groups excluding carboxylic acids is 2. The quantitative estimate of drug-likeness (QED) is 0.519. The van der Waals surface area contributed by atoms with Gasteiger partial charge in [0.25, 0.3) is 11.8 Å². The van der Waals surface area contributed by atoms with E-state index in [9.17, 15) is 9.59 Å². The lowest BCUT2D eigenvalue weighted by molar-refractivity contribution is -0.881. The molecule has 0 aliphatic heterocycles. The smallest absolute Gasteiger partial charge is 0.275 e. The molecule has 1 aromatic rings. The van der Waals surface area contributed by atoms with E-state index >= 15 is 0 Å². The zero-order valence-corrected chi connectivity index (χ0v) is 14.4. The third-order valence-electron chi connectivity index (χ3n) is 3.20. The van der Waals surface area contributed by atoms with Gasteiger partial charge in [0.05, 0.1) is 13.1 Å². The molecule has 6 nitrogen and oxygen atoms in total. The highest BCUT2D eigenvalue weighted by Gasteiger charge is 2.15. The summed E-state index contributed by atoms with van der Waals surface area (Å²) in [6, 6.07) is 7.05. The molecule has 0 aromatic heterocycles. The molecule has 128 valence electrons. The molecule has 2 amide bonds. The van der Waals surface area contributed by atoms with Crippen LogP contribution in [-0.2, 0) is 9.59 Å². The highest BCUT2D eigenvalue weighted by molar-refractivity contribution is 6.30. The summed E-state index contributed by atoms with van der Waals surface area (Å²) in [5, 5.41) is 6.18. The van der Waals surface area contributed by atoms with Gasteiger partial charge in [0.15, 0.2) is 13.1 Å². The second-order valence-corrected chi connectivity index (χ2v) is 5.50. The van der Waals surface area contributed by atoms with Crippen molar-refractivity contribution in [1.29, 1.82) is 0 Å². The fraction of sp³-hybridized carbons (Fsp3) is 0.500. The number of amides is 2. The normalized spacial score (nSPS) is 11.6. The minimum absolute atomic E-state index is 0.0387. The van der Waals surface area contributed by atoms with Gasteiger partial charge >= 0.3 is 0 Å². The third kappa shape index (κ3) is 8.42. The third-order valence-corrected chi connectivity index (χ3v) is 3.45. The zero-order chi connectivity index (χ0) is 17.1. The van der Waals surface area contributed by atoms with E-state index in [4.69, 9.17) is 16.3 Å². The van der Waals surface area contributed by atoms with Crippen LogP contribution in [0.4, 0.5) is 0 Å². The van der Waals surface area contributed by atoms with Gasteiger partial charge in [-0.05, 0) is 38.1 Å². The van der Waals surface area contributed by atoms with Crippen molar-refractivity contribution < 1.29 is 19.2 Å². The number of rotatable bonds is 10. The lowest BCUT2D eigenvalue weighted by Crippen LogP contribution is -3.14. The second kappa shape index (κ2) is 10.9. The predicted molar refractivity (Wildman–Crippen MR) is 89.9 cm³/mol. The molecule has 0 spiro atoms. The van der Waals surface area contributed by atoms with Crippen molar-refractivity contribution in [1.82, 2.24) is 10.6 Å². The van der Waals surface area contributed by atoms with Crippen LogP contribution in [-0.4, -0.2) is 51.1 Å². The number of ether oxygens (including phenoxy) is 1. The Kier molecular flexibility index (Phi) is 9.09. The number of nitrogens with one attached hydrogen (secondary N) is 3. The van der Waals surface area contributed by atoms with E-state index in [2.05, 4.69) is 10.6 Å². The van der Waals surface area contributed by atoms with Crippen LogP contribution in [0.2, 0.25) is 5.02 Å². The minimum Gasteiger partial charge on any atom is -0.492 e. The second-order valence-electron chi connectivity index (χ2n) is 5.06. The Hall–Kier alpha value is -1.79. The van der Waals surface area contributed by atoms with Gasteiger partial charge in [-0.1, -0.05) is 11.6 Å². The maximum Gasteiger partial charge on any atom is 0.275 e. The number of carbonyl (C=O) groups is 2. The summed E-state index contributed by atoms with van der Waals surface area (Å²) in [6.45, 7) is 6.51. The van der Waals surface area contributed by atoms with Crippen LogP contribution >= 0.6 is 11.6 Å². The summed E-state index contributed by atoms with van der Waals surface area (Å²) >= 11 is 5.79. The molecular formula is C16H25ClN3O3+. The molecular weight excluding hydrogens is 318 g/mol. The van der Waals surface area contributed by atoms with Crippen molar-refractivity contribution in [2.75, 3.05) is 39.3 Å². The summed E-state index contributed by atoms with van der Waals surface area (Å²) in [7, 11) is 0. The van der Waals surface area contributed by atoms with Crippen LogP contribution in [0, 0.1) is 0 Å². The molecule has 1 atom stereocenters. The van der Waals surface area contributed by atoms with E-state index in [-0.39, 0.29) is 18.4 Å². The van der Waals surface area contributed by atoms with Gasteiger partial charge in [0.2, 0.25) is 0 Å². The van der Waals surface area contributed by atoms with E-state index in [1.54, 1.807) is 24.3 Å².